The molecule has 1 heterocycles. The van der Waals surface area contributed by atoms with Crippen molar-refractivity contribution in [3.8, 4) is 11.5 Å². The molecule has 0 bridgehead atoms. The van der Waals surface area contributed by atoms with E-state index in [2.05, 4.69) is 17.4 Å². The van der Waals surface area contributed by atoms with Gasteiger partial charge in [-0.25, -0.2) is 0 Å². The first-order valence-electron chi connectivity index (χ1n) is 7.88. The fraction of sp³-hybridized carbons (Fsp3) is 0.333. The van der Waals surface area contributed by atoms with Gasteiger partial charge in [-0.2, -0.15) is 0 Å². The monoisotopic (exact) mass is 296 g/mol. The molecular weight excluding hydrogens is 276 g/mol. The fourth-order valence-corrected chi connectivity index (χ4v) is 3.24. The number of hydrogen-bond donors (Lipinski definition) is 2. The summed E-state index contributed by atoms with van der Waals surface area (Å²) in [5.74, 6) is 1.59. The molecule has 0 amide bonds. The van der Waals surface area contributed by atoms with E-state index in [0.29, 0.717) is 13.2 Å². The van der Waals surface area contributed by atoms with Crippen molar-refractivity contribution in [2.24, 2.45) is 0 Å². The lowest BCUT2D eigenvalue weighted by atomic mass is 9.90. The molecule has 0 unspecified atom stereocenters. The van der Waals surface area contributed by atoms with Crippen LogP contribution in [0.2, 0.25) is 0 Å². The van der Waals surface area contributed by atoms with Gasteiger partial charge in [0.15, 0.2) is 11.5 Å². The number of rotatable bonds is 2. The predicted octanol–water partition coefficient (Wildman–Crippen LogP) is 3.66. The second kappa shape index (κ2) is 5.44. The first-order chi connectivity index (χ1) is 10.8. The van der Waals surface area contributed by atoms with Gasteiger partial charge < -0.3 is 20.5 Å². The molecule has 3 N–H and O–H groups in total. The van der Waals surface area contributed by atoms with Gasteiger partial charge in [-0.05, 0) is 55.0 Å². The lowest BCUT2D eigenvalue weighted by Gasteiger charge is -2.22. The van der Waals surface area contributed by atoms with Crippen molar-refractivity contribution in [2.45, 2.75) is 25.7 Å². The molecule has 0 spiro atoms. The van der Waals surface area contributed by atoms with Crippen LogP contribution in [0.1, 0.15) is 24.0 Å². The van der Waals surface area contributed by atoms with Crippen LogP contribution in [0.3, 0.4) is 0 Å². The van der Waals surface area contributed by atoms with Crippen molar-refractivity contribution in [1.82, 2.24) is 0 Å². The van der Waals surface area contributed by atoms with Gasteiger partial charge in [0.25, 0.3) is 0 Å². The van der Waals surface area contributed by atoms with E-state index < -0.39 is 0 Å². The van der Waals surface area contributed by atoms with E-state index in [-0.39, 0.29) is 0 Å². The molecule has 0 fully saturated rings. The van der Waals surface area contributed by atoms with E-state index in [9.17, 15) is 0 Å². The molecule has 4 rings (SSSR count). The lowest BCUT2D eigenvalue weighted by molar-refractivity contribution is 0.171. The summed E-state index contributed by atoms with van der Waals surface area (Å²) in [4.78, 5) is 0. The standard InChI is InChI=1S/C18H20N2O2/c19-18-14-4-2-1-3-12(14)5-7-15(18)20-13-6-8-16-17(11-13)22-10-9-21-16/h5-8,11,20H,1-4,9-10,19H2. The van der Waals surface area contributed by atoms with Gasteiger partial charge in [0.05, 0.1) is 11.4 Å². The number of aryl methyl sites for hydroxylation is 1. The van der Waals surface area contributed by atoms with Crippen LogP contribution in [-0.4, -0.2) is 13.2 Å². The maximum absolute atomic E-state index is 6.37. The zero-order chi connectivity index (χ0) is 14.9. The van der Waals surface area contributed by atoms with Crippen molar-refractivity contribution >= 4 is 17.1 Å². The lowest BCUT2D eigenvalue weighted by Crippen LogP contribution is -2.15. The van der Waals surface area contributed by atoms with Gasteiger partial charge in [-0.1, -0.05) is 6.07 Å². The van der Waals surface area contributed by atoms with Gasteiger partial charge in [0.2, 0.25) is 0 Å². The molecular formula is C18H20N2O2. The van der Waals surface area contributed by atoms with E-state index >= 15 is 0 Å². The molecule has 114 valence electrons. The molecule has 0 saturated carbocycles. The van der Waals surface area contributed by atoms with Gasteiger partial charge in [-0.3, -0.25) is 0 Å². The van der Waals surface area contributed by atoms with Crippen LogP contribution in [0.15, 0.2) is 30.3 Å². The normalized spacial score (nSPS) is 16.0. The van der Waals surface area contributed by atoms with Crippen molar-refractivity contribution in [3.63, 3.8) is 0 Å². The summed E-state index contributed by atoms with van der Waals surface area (Å²) in [6, 6.07) is 10.2. The third-order valence-corrected chi connectivity index (χ3v) is 4.40. The molecule has 1 aliphatic heterocycles. The highest BCUT2D eigenvalue weighted by atomic mass is 16.6. The van der Waals surface area contributed by atoms with Gasteiger partial charge in [-0.15, -0.1) is 0 Å². The fourth-order valence-electron chi connectivity index (χ4n) is 3.24. The van der Waals surface area contributed by atoms with Crippen LogP contribution in [-0.2, 0) is 12.8 Å². The second-order valence-corrected chi connectivity index (χ2v) is 5.86. The number of fused-ring (bicyclic) bond motifs is 2. The third kappa shape index (κ3) is 2.34. The molecule has 2 aliphatic rings. The van der Waals surface area contributed by atoms with E-state index in [1.165, 1.54) is 24.0 Å². The van der Waals surface area contributed by atoms with Crippen molar-refractivity contribution in [1.29, 1.82) is 0 Å². The van der Waals surface area contributed by atoms with Crippen LogP contribution < -0.4 is 20.5 Å². The molecule has 2 aromatic rings. The Balaban J connectivity index is 1.63. The van der Waals surface area contributed by atoms with Crippen LogP contribution in [0.25, 0.3) is 0 Å². The first kappa shape index (κ1) is 13.3. The van der Waals surface area contributed by atoms with Crippen LogP contribution in [0.4, 0.5) is 17.1 Å². The highest BCUT2D eigenvalue weighted by Gasteiger charge is 2.16. The van der Waals surface area contributed by atoms with Crippen LogP contribution >= 0.6 is 0 Å². The summed E-state index contributed by atoms with van der Waals surface area (Å²) in [5.41, 5.74) is 11.9. The van der Waals surface area contributed by atoms with Crippen molar-refractivity contribution in [2.75, 3.05) is 24.3 Å². The second-order valence-electron chi connectivity index (χ2n) is 5.86. The zero-order valence-electron chi connectivity index (χ0n) is 12.5. The highest BCUT2D eigenvalue weighted by Crippen LogP contribution is 2.36. The average molecular weight is 296 g/mol. The number of hydrogen-bond acceptors (Lipinski definition) is 4. The summed E-state index contributed by atoms with van der Waals surface area (Å²) in [6.07, 6.45) is 4.72. The van der Waals surface area contributed by atoms with Gasteiger partial charge >= 0.3 is 0 Å². The molecule has 1 aliphatic carbocycles. The summed E-state index contributed by atoms with van der Waals surface area (Å²) in [5, 5.41) is 3.41. The van der Waals surface area contributed by atoms with E-state index in [4.69, 9.17) is 15.2 Å². The van der Waals surface area contributed by atoms with Gasteiger partial charge in [0.1, 0.15) is 13.2 Å². The number of anilines is 3. The minimum Gasteiger partial charge on any atom is -0.486 e. The summed E-state index contributed by atoms with van der Waals surface area (Å²) < 4.78 is 11.2. The average Bonchev–Trinajstić information content (AvgIpc) is 2.57. The number of nitrogen functional groups attached to an aromatic ring is 1. The maximum Gasteiger partial charge on any atom is 0.163 e. The molecule has 4 heteroatoms. The minimum atomic E-state index is 0.595. The molecule has 4 nitrogen and oxygen atoms in total. The number of ether oxygens (including phenoxy) is 2. The van der Waals surface area contributed by atoms with Crippen molar-refractivity contribution in [3.05, 3.63) is 41.5 Å². The minimum absolute atomic E-state index is 0.595. The molecule has 22 heavy (non-hydrogen) atoms. The van der Waals surface area contributed by atoms with E-state index in [1.807, 2.05) is 18.2 Å². The third-order valence-electron chi connectivity index (χ3n) is 4.40. The van der Waals surface area contributed by atoms with E-state index in [0.717, 1.165) is 41.4 Å². The molecule has 0 atom stereocenters. The molecule has 2 aromatic carbocycles. The molecule has 0 aromatic heterocycles. The first-order valence-corrected chi connectivity index (χ1v) is 7.88. The molecule has 0 saturated heterocycles. The Kier molecular flexibility index (Phi) is 3.29. The summed E-state index contributed by atoms with van der Waals surface area (Å²) >= 11 is 0. The Morgan fingerprint density at radius 1 is 0.909 bits per heavy atom. The Labute approximate surface area is 130 Å². The zero-order valence-corrected chi connectivity index (χ0v) is 12.5. The topological polar surface area (TPSA) is 56.5 Å². The van der Waals surface area contributed by atoms with E-state index in [1.54, 1.807) is 0 Å². The Morgan fingerprint density at radius 2 is 1.73 bits per heavy atom. The van der Waals surface area contributed by atoms with Gasteiger partial charge in [0, 0.05) is 11.8 Å². The molecule has 0 radical (unpaired) electrons. The highest BCUT2D eigenvalue weighted by molar-refractivity contribution is 5.77. The maximum atomic E-state index is 6.37. The Hall–Kier alpha value is -2.36. The Morgan fingerprint density at radius 3 is 2.64 bits per heavy atom. The number of benzene rings is 2. The Bertz CT molecular complexity index is 712. The number of nitrogens with two attached hydrogens (primary N) is 1. The van der Waals surface area contributed by atoms with Crippen LogP contribution in [0, 0.1) is 0 Å². The predicted molar refractivity (Wildman–Crippen MR) is 88.2 cm³/mol. The van der Waals surface area contributed by atoms with Crippen LogP contribution in [0.5, 0.6) is 11.5 Å². The largest absolute Gasteiger partial charge is 0.486 e. The smallest absolute Gasteiger partial charge is 0.163 e. The quantitative estimate of drug-likeness (QED) is 0.830. The SMILES string of the molecule is Nc1c(Nc2ccc3c(c2)OCCO3)ccc2c1CCCC2. The number of nitrogens with one attached hydrogen (secondary N) is 1. The summed E-state index contributed by atoms with van der Waals surface area (Å²) in [7, 11) is 0. The summed E-state index contributed by atoms with van der Waals surface area (Å²) in [6.45, 7) is 1.20. The van der Waals surface area contributed by atoms with Crippen molar-refractivity contribution < 1.29 is 9.47 Å².